The molecule has 212 valence electrons. The lowest BCUT2D eigenvalue weighted by molar-refractivity contribution is -0.130. The zero-order chi connectivity index (χ0) is 28.0. The van der Waals surface area contributed by atoms with E-state index in [9.17, 15) is 24.0 Å². The van der Waals surface area contributed by atoms with E-state index in [0.717, 1.165) is 5.56 Å². The predicted molar refractivity (Wildman–Crippen MR) is 140 cm³/mol. The van der Waals surface area contributed by atoms with Gasteiger partial charge in [0, 0.05) is 38.9 Å². The normalized spacial score (nSPS) is 11.2. The van der Waals surface area contributed by atoms with Crippen molar-refractivity contribution in [1.82, 2.24) is 26.6 Å². The first kappa shape index (κ1) is 32.5. The van der Waals surface area contributed by atoms with E-state index >= 15 is 0 Å². The summed E-state index contributed by atoms with van der Waals surface area (Å²) in [6.07, 6.45) is 0.637. The third-order valence-corrected chi connectivity index (χ3v) is 4.96. The van der Waals surface area contributed by atoms with Crippen LogP contribution in [0.25, 0.3) is 0 Å². The summed E-state index contributed by atoms with van der Waals surface area (Å²) in [6.45, 7) is 3.33. The van der Waals surface area contributed by atoms with Crippen LogP contribution >= 0.6 is 0 Å². The summed E-state index contributed by atoms with van der Waals surface area (Å²) in [4.78, 5) is 59.7. The van der Waals surface area contributed by atoms with Crippen LogP contribution < -0.4 is 32.3 Å². The van der Waals surface area contributed by atoms with E-state index in [1.165, 1.54) is 0 Å². The van der Waals surface area contributed by atoms with Crippen molar-refractivity contribution in [3.05, 3.63) is 35.9 Å². The molecule has 0 aromatic heterocycles. The van der Waals surface area contributed by atoms with Crippen molar-refractivity contribution in [3.63, 3.8) is 0 Å². The van der Waals surface area contributed by atoms with Crippen molar-refractivity contribution in [2.75, 3.05) is 59.2 Å². The Kier molecular flexibility index (Phi) is 17.5. The minimum atomic E-state index is -0.783. The number of ether oxygens (including phenoxy) is 2. The Morgan fingerprint density at radius 2 is 1.39 bits per heavy atom. The maximum atomic E-state index is 12.3. The van der Waals surface area contributed by atoms with E-state index < -0.39 is 17.9 Å². The summed E-state index contributed by atoms with van der Waals surface area (Å²) in [5.74, 6) is -1.89. The van der Waals surface area contributed by atoms with Gasteiger partial charge < -0.3 is 41.8 Å². The SMILES string of the molecule is CCNC(=O)C(Cc1ccccc1)NC(=O)CNC(=O)CNC(=O)CCOCCOCCNC(=O)CCN. The van der Waals surface area contributed by atoms with Gasteiger partial charge in [-0.25, -0.2) is 0 Å². The number of amides is 5. The fraction of sp³-hybridized carbons (Fsp3) is 0.560. The first-order valence-corrected chi connectivity index (χ1v) is 12.6. The van der Waals surface area contributed by atoms with Gasteiger partial charge in [0.1, 0.15) is 6.04 Å². The molecule has 0 bridgehead atoms. The highest BCUT2D eigenvalue weighted by atomic mass is 16.5. The molecule has 1 unspecified atom stereocenters. The van der Waals surface area contributed by atoms with Crippen molar-refractivity contribution in [2.24, 2.45) is 5.73 Å². The van der Waals surface area contributed by atoms with Crippen LogP contribution in [0.2, 0.25) is 0 Å². The molecule has 7 N–H and O–H groups in total. The van der Waals surface area contributed by atoms with Gasteiger partial charge >= 0.3 is 0 Å². The minimum Gasteiger partial charge on any atom is -0.379 e. The largest absolute Gasteiger partial charge is 0.379 e. The van der Waals surface area contributed by atoms with E-state index in [-0.39, 0.29) is 56.9 Å². The van der Waals surface area contributed by atoms with Crippen molar-refractivity contribution in [3.8, 4) is 0 Å². The topological polar surface area (TPSA) is 190 Å². The summed E-state index contributed by atoms with van der Waals surface area (Å²) in [6, 6.07) is 8.48. The highest BCUT2D eigenvalue weighted by Gasteiger charge is 2.21. The molecule has 5 amide bonds. The van der Waals surface area contributed by atoms with Crippen LogP contribution in [0.5, 0.6) is 0 Å². The van der Waals surface area contributed by atoms with Crippen molar-refractivity contribution >= 4 is 29.5 Å². The zero-order valence-electron chi connectivity index (χ0n) is 21.9. The van der Waals surface area contributed by atoms with E-state index in [2.05, 4.69) is 26.6 Å². The molecule has 0 spiro atoms. The number of rotatable bonds is 20. The van der Waals surface area contributed by atoms with Crippen molar-refractivity contribution in [1.29, 1.82) is 0 Å². The molecule has 0 heterocycles. The molecule has 1 aromatic carbocycles. The van der Waals surface area contributed by atoms with Gasteiger partial charge in [-0.3, -0.25) is 24.0 Å². The van der Waals surface area contributed by atoms with Gasteiger partial charge in [0.2, 0.25) is 29.5 Å². The Hall–Kier alpha value is -3.55. The van der Waals surface area contributed by atoms with Crippen LogP contribution in [-0.4, -0.2) is 94.7 Å². The molecule has 0 fully saturated rings. The number of hydrogen-bond acceptors (Lipinski definition) is 8. The van der Waals surface area contributed by atoms with E-state index in [4.69, 9.17) is 15.2 Å². The number of likely N-dealkylation sites (N-methyl/N-ethyl adjacent to an activating group) is 1. The third-order valence-electron chi connectivity index (χ3n) is 4.96. The first-order chi connectivity index (χ1) is 18.3. The summed E-state index contributed by atoms with van der Waals surface area (Å²) in [5.41, 5.74) is 6.16. The van der Waals surface area contributed by atoms with E-state index in [1.54, 1.807) is 6.92 Å². The molecule has 1 rings (SSSR count). The van der Waals surface area contributed by atoms with Crippen LogP contribution in [0.1, 0.15) is 25.3 Å². The zero-order valence-corrected chi connectivity index (χ0v) is 21.9. The van der Waals surface area contributed by atoms with Gasteiger partial charge in [0.15, 0.2) is 0 Å². The summed E-state index contributed by atoms with van der Waals surface area (Å²) >= 11 is 0. The maximum Gasteiger partial charge on any atom is 0.242 e. The predicted octanol–water partition coefficient (Wildman–Crippen LogP) is -2.03. The smallest absolute Gasteiger partial charge is 0.242 e. The highest BCUT2D eigenvalue weighted by molar-refractivity contribution is 5.91. The van der Waals surface area contributed by atoms with Crippen LogP contribution in [0.15, 0.2) is 30.3 Å². The highest BCUT2D eigenvalue weighted by Crippen LogP contribution is 2.03. The lowest BCUT2D eigenvalue weighted by Gasteiger charge is -2.18. The Balaban J connectivity index is 2.16. The molecular formula is C25H40N6O7. The number of hydrogen-bond donors (Lipinski definition) is 6. The molecule has 0 saturated heterocycles. The second-order valence-corrected chi connectivity index (χ2v) is 8.12. The Morgan fingerprint density at radius 3 is 2.08 bits per heavy atom. The number of benzene rings is 1. The fourth-order valence-electron chi connectivity index (χ4n) is 3.08. The molecule has 0 saturated carbocycles. The van der Waals surface area contributed by atoms with Crippen LogP contribution in [0, 0.1) is 0 Å². The standard InChI is InChI=1S/C25H40N6O7/c1-2-27-25(36)20(16-19-6-4-3-5-7-19)31-24(35)18-30-23(34)17-29-22(33)9-12-37-14-15-38-13-11-28-21(32)8-10-26/h3-7,20H,2,8-18,26H2,1H3,(H,27,36)(H,28,32)(H,29,33)(H,30,34)(H,31,35). The van der Waals surface area contributed by atoms with Crippen molar-refractivity contribution < 1.29 is 33.4 Å². The lowest BCUT2D eigenvalue weighted by Crippen LogP contribution is -2.51. The van der Waals surface area contributed by atoms with E-state index in [1.807, 2.05) is 30.3 Å². The average molecular weight is 537 g/mol. The van der Waals surface area contributed by atoms with Gasteiger partial charge in [0.25, 0.3) is 0 Å². The van der Waals surface area contributed by atoms with Gasteiger partial charge in [-0.1, -0.05) is 30.3 Å². The van der Waals surface area contributed by atoms with Crippen LogP contribution in [0.3, 0.4) is 0 Å². The molecule has 13 heteroatoms. The summed E-state index contributed by atoms with van der Waals surface area (Å²) in [5, 5.41) is 12.8. The van der Waals surface area contributed by atoms with Gasteiger partial charge in [0.05, 0.1) is 39.5 Å². The molecule has 1 aromatic rings. The molecule has 38 heavy (non-hydrogen) atoms. The third kappa shape index (κ3) is 16.2. The number of nitrogens with one attached hydrogen (secondary N) is 5. The Morgan fingerprint density at radius 1 is 0.763 bits per heavy atom. The maximum absolute atomic E-state index is 12.3. The first-order valence-electron chi connectivity index (χ1n) is 12.6. The Labute approximate surface area is 222 Å². The molecule has 0 aliphatic heterocycles. The van der Waals surface area contributed by atoms with Crippen molar-refractivity contribution in [2.45, 2.75) is 32.2 Å². The Bertz CT molecular complexity index is 869. The van der Waals surface area contributed by atoms with Gasteiger partial charge in [-0.2, -0.15) is 0 Å². The fourth-order valence-corrected chi connectivity index (χ4v) is 3.08. The molecule has 0 aliphatic carbocycles. The molecule has 13 nitrogen and oxygen atoms in total. The van der Waals surface area contributed by atoms with E-state index in [0.29, 0.717) is 39.3 Å². The number of carbonyl (C=O) groups excluding carboxylic acids is 5. The van der Waals surface area contributed by atoms with Gasteiger partial charge in [-0.05, 0) is 12.5 Å². The average Bonchev–Trinajstić information content (AvgIpc) is 2.90. The van der Waals surface area contributed by atoms with Crippen LogP contribution in [-0.2, 0) is 39.9 Å². The van der Waals surface area contributed by atoms with Crippen LogP contribution in [0.4, 0.5) is 0 Å². The lowest BCUT2D eigenvalue weighted by atomic mass is 10.1. The molecular weight excluding hydrogens is 496 g/mol. The quantitative estimate of drug-likeness (QED) is 0.103. The number of carbonyl (C=O) groups is 5. The second-order valence-electron chi connectivity index (χ2n) is 8.12. The second kappa shape index (κ2) is 20.5. The monoisotopic (exact) mass is 536 g/mol. The summed E-state index contributed by atoms with van der Waals surface area (Å²) < 4.78 is 10.6. The molecule has 0 aliphatic rings. The number of nitrogens with two attached hydrogens (primary N) is 1. The van der Waals surface area contributed by atoms with Gasteiger partial charge in [-0.15, -0.1) is 0 Å². The minimum absolute atomic E-state index is 0.0522. The molecule has 0 radical (unpaired) electrons. The molecule has 1 atom stereocenters. The summed E-state index contributed by atoms with van der Waals surface area (Å²) in [7, 11) is 0.